The first-order chi connectivity index (χ1) is 8.10. The summed E-state index contributed by atoms with van der Waals surface area (Å²) in [6, 6.07) is 6.20. The molecule has 0 spiro atoms. The predicted octanol–water partition coefficient (Wildman–Crippen LogP) is 2.07. The predicted molar refractivity (Wildman–Crippen MR) is 60.3 cm³/mol. The second-order valence-corrected chi connectivity index (χ2v) is 4.51. The van der Waals surface area contributed by atoms with Crippen LogP contribution in [-0.2, 0) is 11.3 Å². The zero-order valence-electron chi connectivity index (χ0n) is 9.61. The molecule has 0 aliphatic carbocycles. The highest BCUT2D eigenvalue weighted by Crippen LogP contribution is 2.20. The summed E-state index contributed by atoms with van der Waals surface area (Å²) in [5.74, 6) is -0.0175. The fraction of sp³-hybridized carbons (Fsp3) is 0.385. The fourth-order valence-corrected chi connectivity index (χ4v) is 2.10. The zero-order valence-corrected chi connectivity index (χ0v) is 9.61. The third-order valence-corrected chi connectivity index (χ3v) is 2.93. The summed E-state index contributed by atoms with van der Waals surface area (Å²) in [5, 5.41) is 8.73. The molecule has 0 radical (unpaired) electrons. The highest BCUT2D eigenvalue weighted by atomic mass is 19.1. The van der Waals surface area contributed by atoms with Crippen LogP contribution in [0, 0.1) is 23.1 Å². The van der Waals surface area contributed by atoms with E-state index in [9.17, 15) is 9.18 Å². The number of likely N-dealkylation sites (tertiary alicyclic amines) is 1. The van der Waals surface area contributed by atoms with E-state index in [-0.39, 0.29) is 11.5 Å². The van der Waals surface area contributed by atoms with Crippen LogP contribution in [0.2, 0.25) is 0 Å². The van der Waals surface area contributed by atoms with Gasteiger partial charge in [0.25, 0.3) is 0 Å². The summed E-state index contributed by atoms with van der Waals surface area (Å²) in [5.41, 5.74) is 0.826. The summed E-state index contributed by atoms with van der Waals surface area (Å²) in [4.78, 5) is 13.3. The lowest BCUT2D eigenvalue weighted by Gasteiger charge is -2.16. The Balaban J connectivity index is 2.14. The van der Waals surface area contributed by atoms with Crippen molar-refractivity contribution in [3.05, 3.63) is 35.1 Å². The van der Waals surface area contributed by atoms with Crippen molar-refractivity contribution in [2.45, 2.75) is 19.9 Å². The topological polar surface area (TPSA) is 44.1 Å². The first-order valence-corrected chi connectivity index (χ1v) is 5.56. The van der Waals surface area contributed by atoms with Gasteiger partial charge >= 0.3 is 0 Å². The number of carbonyl (C=O) groups is 1. The van der Waals surface area contributed by atoms with Gasteiger partial charge in [-0.05, 0) is 23.6 Å². The molecule has 2 rings (SSSR count). The number of hydrogen-bond donors (Lipinski definition) is 0. The van der Waals surface area contributed by atoms with E-state index in [0.717, 1.165) is 12.1 Å². The van der Waals surface area contributed by atoms with Crippen LogP contribution in [0.5, 0.6) is 0 Å². The molecule has 1 aromatic carbocycles. The maximum atomic E-state index is 13.1. The van der Waals surface area contributed by atoms with Crippen molar-refractivity contribution >= 4 is 5.91 Å². The lowest BCUT2D eigenvalue weighted by Crippen LogP contribution is -2.24. The molecule has 4 heteroatoms. The van der Waals surface area contributed by atoms with Gasteiger partial charge in [0.2, 0.25) is 5.91 Å². The van der Waals surface area contributed by atoms with Gasteiger partial charge in [0.15, 0.2) is 0 Å². The molecule has 0 N–H and O–H groups in total. The van der Waals surface area contributed by atoms with Gasteiger partial charge in [0.05, 0.1) is 5.56 Å². The minimum atomic E-state index is -0.516. The van der Waals surface area contributed by atoms with Crippen LogP contribution >= 0.6 is 0 Å². The Hall–Kier alpha value is -1.89. The number of hydrogen-bond acceptors (Lipinski definition) is 2. The maximum absolute atomic E-state index is 13.1. The molecule has 0 aromatic heterocycles. The van der Waals surface area contributed by atoms with Crippen molar-refractivity contribution in [2.24, 2.45) is 5.92 Å². The van der Waals surface area contributed by atoms with E-state index in [2.05, 4.69) is 0 Å². The van der Waals surface area contributed by atoms with Crippen molar-refractivity contribution in [3.8, 4) is 6.07 Å². The molecule has 1 saturated heterocycles. The molecule has 1 aliphatic rings. The Morgan fingerprint density at radius 1 is 1.59 bits per heavy atom. The average Bonchev–Trinajstić information content (AvgIpc) is 2.60. The van der Waals surface area contributed by atoms with Crippen molar-refractivity contribution < 1.29 is 9.18 Å². The zero-order chi connectivity index (χ0) is 12.4. The second kappa shape index (κ2) is 4.54. The van der Waals surface area contributed by atoms with E-state index < -0.39 is 5.82 Å². The monoisotopic (exact) mass is 232 g/mol. The molecule has 0 bridgehead atoms. The molecule has 1 aliphatic heterocycles. The fourth-order valence-electron chi connectivity index (χ4n) is 2.10. The minimum absolute atomic E-state index is 0.0298. The quantitative estimate of drug-likeness (QED) is 0.783. The number of rotatable bonds is 2. The summed E-state index contributed by atoms with van der Waals surface area (Å²) in [6.07, 6.45) is 0.576. The molecule has 1 aromatic rings. The Morgan fingerprint density at radius 2 is 2.35 bits per heavy atom. The van der Waals surface area contributed by atoms with Crippen molar-refractivity contribution in [1.82, 2.24) is 4.90 Å². The van der Waals surface area contributed by atoms with Crippen LogP contribution in [0.25, 0.3) is 0 Å². The largest absolute Gasteiger partial charge is 0.338 e. The average molecular weight is 232 g/mol. The lowest BCUT2D eigenvalue weighted by molar-refractivity contribution is -0.128. The van der Waals surface area contributed by atoms with Gasteiger partial charge < -0.3 is 4.90 Å². The van der Waals surface area contributed by atoms with E-state index in [0.29, 0.717) is 18.9 Å². The Morgan fingerprint density at radius 3 is 2.94 bits per heavy atom. The Labute approximate surface area is 99.5 Å². The molecule has 1 fully saturated rings. The van der Waals surface area contributed by atoms with Gasteiger partial charge in [0.1, 0.15) is 11.9 Å². The smallest absolute Gasteiger partial charge is 0.223 e. The van der Waals surface area contributed by atoms with Gasteiger partial charge in [-0.2, -0.15) is 5.26 Å². The minimum Gasteiger partial charge on any atom is -0.338 e. The third-order valence-electron chi connectivity index (χ3n) is 2.93. The summed E-state index contributed by atoms with van der Waals surface area (Å²) in [6.45, 7) is 3.22. The SMILES string of the molecule is CC1CC(=O)N(Cc2ccc(F)c(C#N)c2)C1. The van der Waals surface area contributed by atoms with Gasteiger partial charge in [0, 0.05) is 19.5 Å². The first kappa shape index (κ1) is 11.6. The number of nitriles is 1. The van der Waals surface area contributed by atoms with E-state index in [1.807, 2.05) is 6.92 Å². The molecule has 3 nitrogen and oxygen atoms in total. The number of nitrogens with zero attached hydrogens (tertiary/aromatic N) is 2. The van der Waals surface area contributed by atoms with E-state index in [4.69, 9.17) is 5.26 Å². The van der Waals surface area contributed by atoms with Crippen molar-refractivity contribution in [2.75, 3.05) is 6.54 Å². The maximum Gasteiger partial charge on any atom is 0.223 e. The summed E-state index contributed by atoms with van der Waals surface area (Å²) < 4.78 is 13.1. The highest BCUT2D eigenvalue weighted by molar-refractivity contribution is 5.78. The van der Waals surface area contributed by atoms with Gasteiger partial charge in [-0.3, -0.25) is 4.79 Å². The van der Waals surface area contributed by atoms with Crippen LogP contribution in [0.15, 0.2) is 18.2 Å². The van der Waals surface area contributed by atoms with Crippen LogP contribution in [0.1, 0.15) is 24.5 Å². The summed E-state index contributed by atoms with van der Waals surface area (Å²) in [7, 11) is 0. The molecule has 1 amide bonds. The van der Waals surface area contributed by atoms with E-state index in [1.165, 1.54) is 12.1 Å². The molecule has 0 saturated carbocycles. The third kappa shape index (κ3) is 2.44. The van der Waals surface area contributed by atoms with E-state index in [1.54, 1.807) is 17.0 Å². The van der Waals surface area contributed by atoms with E-state index >= 15 is 0 Å². The first-order valence-electron chi connectivity index (χ1n) is 5.56. The summed E-state index contributed by atoms with van der Waals surface area (Å²) >= 11 is 0. The van der Waals surface area contributed by atoms with Crippen LogP contribution in [-0.4, -0.2) is 17.4 Å². The molecule has 88 valence electrons. The van der Waals surface area contributed by atoms with Gasteiger partial charge in [-0.15, -0.1) is 0 Å². The molecule has 17 heavy (non-hydrogen) atoms. The molecular weight excluding hydrogens is 219 g/mol. The Bertz CT molecular complexity index is 493. The molecule has 1 unspecified atom stereocenters. The highest BCUT2D eigenvalue weighted by Gasteiger charge is 2.26. The molecule has 1 heterocycles. The molecule has 1 atom stereocenters. The number of benzene rings is 1. The number of carbonyl (C=O) groups excluding carboxylic acids is 1. The molecular formula is C13H13FN2O. The van der Waals surface area contributed by atoms with Crippen LogP contribution in [0.3, 0.4) is 0 Å². The Kier molecular flexibility index (Phi) is 3.10. The standard InChI is InChI=1S/C13H13FN2O/c1-9-4-13(17)16(7-9)8-10-2-3-12(14)11(5-10)6-15/h2-3,5,9H,4,7-8H2,1H3. The number of amides is 1. The van der Waals surface area contributed by atoms with Crippen LogP contribution < -0.4 is 0 Å². The number of halogens is 1. The second-order valence-electron chi connectivity index (χ2n) is 4.51. The van der Waals surface area contributed by atoms with Crippen molar-refractivity contribution in [3.63, 3.8) is 0 Å². The van der Waals surface area contributed by atoms with Gasteiger partial charge in [-0.1, -0.05) is 13.0 Å². The van der Waals surface area contributed by atoms with Crippen molar-refractivity contribution in [1.29, 1.82) is 5.26 Å². The lowest BCUT2D eigenvalue weighted by atomic mass is 10.1. The normalized spacial score (nSPS) is 19.5. The van der Waals surface area contributed by atoms with Gasteiger partial charge in [-0.25, -0.2) is 4.39 Å². The van der Waals surface area contributed by atoms with Crippen LogP contribution in [0.4, 0.5) is 4.39 Å².